The van der Waals surface area contributed by atoms with Gasteiger partial charge in [-0.1, -0.05) is 49.4 Å². The highest BCUT2D eigenvalue weighted by atomic mass is 32.2. The van der Waals surface area contributed by atoms with Gasteiger partial charge in [-0.25, -0.2) is 4.99 Å². The summed E-state index contributed by atoms with van der Waals surface area (Å²) in [6.07, 6.45) is 7.60. The predicted molar refractivity (Wildman–Crippen MR) is 135 cm³/mol. The molecule has 1 aliphatic heterocycles. The highest BCUT2D eigenvalue weighted by molar-refractivity contribution is 8.15. The molecule has 0 saturated heterocycles. The van der Waals surface area contributed by atoms with Crippen LogP contribution in [0.1, 0.15) is 69.5 Å². The first kappa shape index (κ1) is 22.7. The van der Waals surface area contributed by atoms with Crippen molar-refractivity contribution >= 4 is 45.0 Å². The topological polar surface area (TPSA) is 92.5 Å². The van der Waals surface area contributed by atoms with Crippen LogP contribution in [-0.2, 0) is 11.2 Å². The van der Waals surface area contributed by atoms with E-state index in [-0.39, 0.29) is 17.1 Å². The van der Waals surface area contributed by atoms with E-state index in [1.807, 2.05) is 30.0 Å². The summed E-state index contributed by atoms with van der Waals surface area (Å²) in [5.74, 6) is 1.52. The number of carbonyl (C=O) groups is 1. The summed E-state index contributed by atoms with van der Waals surface area (Å²) in [6, 6.07) is 5.99. The lowest BCUT2D eigenvalue weighted by molar-refractivity contribution is -0.115. The summed E-state index contributed by atoms with van der Waals surface area (Å²) in [4.78, 5) is 26.3. The summed E-state index contributed by atoms with van der Waals surface area (Å²) in [5.41, 5.74) is 1.90. The van der Waals surface area contributed by atoms with Crippen LogP contribution in [0.4, 0.5) is 5.13 Å². The Hall–Kier alpha value is -2.13. The van der Waals surface area contributed by atoms with Gasteiger partial charge in [-0.3, -0.25) is 14.8 Å². The SMILES string of the molecule is CCC(C)=NC1=NC2C(C)C2(C2CCCC(c3nnc(NC(=O)Cc4ccccn4)s3)C2)S1. The van der Waals surface area contributed by atoms with Crippen LogP contribution >= 0.6 is 23.1 Å². The largest absolute Gasteiger partial charge is 0.300 e. The molecule has 1 N–H and O–H groups in total. The van der Waals surface area contributed by atoms with Gasteiger partial charge >= 0.3 is 0 Å². The third-order valence-corrected chi connectivity index (χ3v) is 9.95. The average molecular weight is 483 g/mol. The number of hydrogen-bond acceptors (Lipinski definition) is 8. The molecule has 7 nitrogen and oxygen atoms in total. The zero-order chi connectivity index (χ0) is 23.0. The lowest BCUT2D eigenvalue weighted by Crippen LogP contribution is -2.28. The smallest absolute Gasteiger partial charge is 0.232 e. The summed E-state index contributed by atoms with van der Waals surface area (Å²) in [5, 5.41) is 14.2. The third kappa shape index (κ3) is 4.49. The molecule has 1 amide bonds. The van der Waals surface area contributed by atoms with E-state index in [1.165, 1.54) is 24.2 Å². The van der Waals surface area contributed by atoms with Crippen LogP contribution in [0.25, 0.3) is 0 Å². The van der Waals surface area contributed by atoms with Crippen molar-refractivity contribution in [2.24, 2.45) is 21.8 Å². The van der Waals surface area contributed by atoms with E-state index in [0.29, 0.717) is 28.9 Å². The molecule has 33 heavy (non-hydrogen) atoms. The highest BCUT2D eigenvalue weighted by Crippen LogP contribution is 2.68. The van der Waals surface area contributed by atoms with Crippen LogP contribution in [0, 0.1) is 11.8 Å². The molecule has 5 unspecified atom stereocenters. The summed E-state index contributed by atoms with van der Waals surface area (Å²) < 4.78 is 0.218. The molecular weight excluding hydrogens is 452 g/mol. The molecule has 9 heteroatoms. The van der Waals surface area contributed by atoms with Crippen molar-refractivity contribution in [3.8, 4) is 0 Å². The van der Waals surface area contributed by atoms with Gasteiger partial charge in [0.15, 0.2) is 5.17 Å². The van der Waals surface area contributed by atoms with Crippen LogP contribution in [-0.4, -0.2) is 42.8 Å². The molecule has 0 aromatic carbocycles. The monoisotopic (exact) mass is 482 g/mol. The second kappa shape index (κ2) is 9.25. The Morgan fingerprint density at radius 2 is 2.18 bits per heavy atom. The molecule has 0 spiro atoms. The van der Waals surface area contributed by atoms with Crippen LogP contribution < -0.4 is 5.32 Å². The number of fused-ring (bicyclic) bond motifs is 1. The van der Waals surface area contributed by atoms with E-state index >= 15 is 0 Å². The summed E-state index contributed by atoms with van der Waals surface area (Å²) >= 11 is 3.44. The Morgan fingerprint density at radius 3 is 2.97 bits per heavy atom. The maximum atomic E-state index is 12.4. The third-order valence-electron chi connectivity index (χ3n) is 7.27. The first-order valence-corrected chi connectivity index (χ1v) is 13.5. The van der Waals surface area contributed by atoms with Crippen LogP contribution in [0.3, 0.4) is 0 Å². The minimum atomic E-state index is -0.110. The fourth-order valence-electron chi connectivity index (χ4n) is 5.30. The van der Waals surface area contributed by atoms with Gasteiger partial charge in [-0.05, 0) is 56.6 Å². The second-order valence-electron chi connectivity index (χ2n) is 9.35. The summed E-state index contributed by atoms with van der Waals surface area (Å²) in [6.45, 7) is 6.57. The number of pyridine rings is 1. The van der Waals surface area contributed by atoms with Gasteiger partial charge in [0.1, 0.15) is 5.01 Å². The van der Waals surface area contributed by atoms with Gasteiger partial charge in [0, 0.05) is 23.5 Å². The minimum absolute atomic E-state index is 0.110. The highest BCUT2D eigenvalue weighted by Gasteiger charge is 2.70. The number of anilines is 1. The van der Waals surface area contributed by atoms with Gasteiger partial charge in [-0.2, -0.15) is 0 Å². The maximum Gasteiger partial charge on any atom is 0.232 e. The van der Waals surface area contributed by atoms with Crippen molar-refractivity contribution in [3.63, 3.8) is 0 Å². The van der Waals surface area contributed by atoms with Crippen LogP contribution in [0.2, 0.25) is 0 Å². The molecule has 3 heterocycles. The zero-order valence-electron chi connectivity index (χ0n) is 19.3. The van der Waals surface area contributed by atoms with Crippen molar-refractivity contribution in [2.45, 2.75) is 76.0 Å². The number of nitrogens with zero attached hydrogens (tertiary/aromatic N) is 5. The molecule has 2 saturated carbocycles. The second-order valence-corrected chi connectivity index (χ2v) is 11.6. The molecular formula is C24H30N6OS2. The normalized spacial score (nSPS) is 31.1. The number of thioether (sulfide) groups is 1. The number of hydrogen-bond donors (Lipinski definition) is 1. The van der Waals surface area contributed by atoms with Crippen LogP contribution in [0.15, 0.2) is 34.4 Å². The molecule has 174 valence electrons. The van der Waals surface area contributed by atoms with Gasteiger partial charge in [0.05, 0.1) is 17.2 Å². The zero-order valence-corrected chi connectivity index (χ0v) is 21.0. The molecule has 0 bridgehead atoms. The molecule has 5 rings (SSSR count). The number of amidine groups is 1. The Kier molecular flexibility index (Phi) is 6.35. The molecule has 2 aliphatic carbocycles. The van der Waals surface area contributed by atoms with E-state index in [2.05, 4.69) is 41.3 Å². The number of amides is 1. The Balaban J connectivity index is 1.22. The number of nitrogens with one attached hydrogen (secondary N) is 1. The Morgan fingerprint density at radius 1 is 1.30 bits per heavy atom. The molecule has 5 atom stereocenters. The van der Waals surface area contributed by atoms with Crippen molar-refractivity contribution in [1.82, 2.24) is 15.2 Å². The number of aliphatic imine (C=N–C) groups is 2. The van der Waals surface area contributed by atoms with Crippen molar-refractivity contribution < 1.29 is 4.79 Å². The standard InChI is InChI=1S/C24H30N6OS2/c1-4-14(2)26-22-28-20-15(3)24(20,33-22)17-9-7-8-16(12-17)21-29-30-23(32-21)27-19(31)13-18-10-5-6-11-25-18/h5-6,10-11,15-17,20H,4,7-9,12-13H2,1-3H3,(H,27,30,31). The maximum absolute atomic E-state index is 12.4. The van der Waals surface area contributed by atoms with Gasteiger partial charge in [-0.15, -0.1) is 10.2 Å². The lowest BCUT2D eigenvalue weighted by Gasteiger charge is -2.33. The Bertz CT molecular complexity index is 1080. The molecule has 2 aromatic rings. The average Bonchev–Trinajstić information content (AvgIpc) is 3.19. The van der Waals surface area contributed by atoms with E-state index in [1.54, 1.807) is 6.20 Å². The first-order chi connectivity index (χ1) is 16.0. The molecule has 3 aliphatic rings. The van der Waals surface area contributed by atoms with E-state index in [9.17, 15) is 4.79 Å². The fraction of sp³-hybridized carbons (Fsp3) is 0.583. The number of carbonyl (C=O) groups excluding carboxylic acids is 1. The fourth-order valence-corrected chi connectivity index (χ4v) is 7.89. The molecule has 2 fully saturated rings. The van der Waals surface area contributed by atoms with Crippen LogP contribution in [0.5, 0.6) is 0 Å². The minimum Gasteiger partial charge on any atom is -0.300 e. The van der Waals surface area contributed by atoms with E-state index in [0.717, 1.165) is 40.8 Å². The number of aromatic nitrogens is 3. The molecule has 2 aromatic heterocycles. The van der Waals surface area contributed by atoms with E-state index < -0.39 is 0 Å². The van der Waals surface area contributed by atoms with Gasteiger partial charge < -0.3 is 5.32 Å². The van der Waals surface area contributed by atoms with Crippen molar-refractivity contribution in [2.75, 3.05) is 5.32 Å². The van der Waals surface area contributed by atoms with Crippen molar-refractivity contribution in [1.29, 1.82) is 0 Å². The van der Waals surface area contributed by atoms with E-state index in [4.69, 9.17) is 9.98 Å². The number of rotatable bonds is 6. The first-order valence-electron chi connectivity index (χ1n) is 11.8. The quantitative estimate of drug-likeness (QED) is 0.577. The predicted octanol–water partition coefficient (Wildman–Crippen LogP) is 5.12. The Labute approximate surface area is 203 Å². The molecule has 0 radical (unpaired) electrons. The van der Waals surface area contributed by atoms with Crippen molar-refractivity contribution in [3.05, 3.63) is 35.1 Å². The van der Waals surface area contributed by atoms with Gasteiger partial charge in [0.25, 0.3) is 0 Å². The lowest BCUT2D eigenvalue weighted by atomic mass is 9.78. The summed E-state index contributed by atoms with van der Waals surface area (Å²) in [7, 11) is 0. The van der Waals surface area contributed by atoms with Gasteiger partial charge in [0.2, 0.25) is 11.0 Å².